The fourth-order valence-corrected chi connectivity index (χ4v) is 3.94. The summed E-state index contributed by atoms with van der Waals surface area (Å²) in [7, 11) is 0. The number of fused-ring (bicyclic) bond motifs is 1. The number of rotatable bonds is 3. The van der Waals surface area contributed by atoms with E-state index in [1.54, 1.807) is 11.3 Å². The van der Waals surface area contributed by atoms with Crippen molar-refractivity contribution in [3.05, 3.63) is 34.2 Å². The number of nitrogens with zero attached hydrogens (tertiary/aromatic N) is 1. The Morgan fingerprint density at radius 3 is 3.05 bits per heavy atom. The van der Waals surface area contributed by atoms with E-state index < -0.39 is 0 Å². The van der Waals surface area contributed by atoms with E-state index in [9.17, 15) is 0 Å². The van der Waals surface area contributed by atoms with Gasteiger partial charge in [-0.3, -0.25) is 4.90 Å². The third kappa shape index (κ3) is 2.78. The highest BCUT2D eigenvalue weighted by Crippen LogP contribution is 2.36. The SMILES string of the molecule is OCC1CN(Cc2sc3ccccc3c2Cl)CCO1. The van der Waals surface area contributed by atoms with E-state index in [0.717, 1.165) is 30.0 Å². The Balaban J connectivity index is 1.79. The summed E-state index contributed by atoms with van der Waals surface area (Å²) in [6, 6.07) is 8.22. The second-order valence-electron chi connectivity index (χ2n) is 4.75. The summed E-state index contributed by atoms with van der Waals surface area (Å²) in [6.45, 7) is 3.24. The summed E-state index contributed by atoms with van der Waals surface area (Å²) in [5.74, 6) is 0. The Bertz CT molecular complexity index is 572. The molecular weight excluding hydrogens is 282 g/mol. The molecule has 0 radical (unpaired) electrons. The average molecular weight is 298 g/mol. The zero-order valence-corrected chi connectivity index (χ0v) is 12.1. The summed E-state index contributed by atoms with van der Waals surface area (Å²) in [6.07, 6.45) is -0.0677. The van der Waals surface area contributed by atoms with Crippen LogP contribution in [-0.4, -0.2) is 42.4 Å². The molecule has 1 aromatic heterocycles. The summed E-state index contributed by atoms with van der Waals surface area (Å²) >= 11 is 8.20. The molecule has 0 spiro atoms. The van der Waals surface area contributed by atoms with Gasteiger partial charge >= 0.3 is 0 Å². The highest BCUT2D eigenvalue weighted by Gasteiger charge is 2.21. The first-order valence-corrected chi connectivity index (χ1v) is 7.58. The first-order valence-electron chi connectivity index (χ1n) is 6.38. The van der Waals surface area contributed by atoms with Gasteiger partial charge in [-0.2, -0.15) is 0 Å². The second-order valence-corrected chi connectivity index (χ2v) is 6.26. The van der Waals surface area contributed by atoms with E-state index >= 15 is 0 Å². The molecular formula is C14H16ClNO2S. The van der Waals surface area contributed by atoms with Crippen LogP contribution in [0.4, 0.5) is 0 Å². The van der Waals surface area contributed by atoms with Gasteiger partial charge in [0.2, 0.25) is 0 Å². The minimum absolute atomic E-state index is 0.0677. The maximum Gasteiger partial charge on any atom is 0.0933 e. The van der Waals surface area contributed by atoms with Crippen molar-refractivity contribution in [3.63, 3.8) is 0 Å². The van der Waals surface area contributed by atoms with Gasteiger partial charge in [0.1, 0.15) is 0 Å². The summed E-state index contributed by atoms with van der Waals surface area (Å²) in [4.78, 5) is 3.49. The van der Waals surface area contributed by atoms with Crippen LogP contribution >= 0.6 is 22.9 Å². The number of benzene rings is 1. The van der Waals surface area contributed by atoms with Crippen LogP contribution in [0, 0.1) is 0 Å². The molecule has 2 heterocycles. The number of ether oxygens (including phenoxy) is 1. The smallest absolute Gasteiger partial charge is 0.0933 e. The van der Waals surface area contributed by atoms with E-state index in [0.29, 0.717) is 6.61 Å². The van der Waals surface area contributed by atoms with Crippen molar-refractivity contribution >= 4 is 33.0 Å². The number of aliphatic hydroxyl groups is 1. The standard InChI is InChI=1S/C14H16ClNO2S/c15-14-11-3-1-2-4-12(11)19-13(14)8-16-5-6-18-10(7-16)9-17/h1-4,10,17H,5-9H2. The molecule has 1 unspecified atom stereocenters. The Morgan fingerprint density at radius 1 is 1.42 bits per heavy atom. The van der Waals surface area contributed by atoms with E-state index in [2.05, 4.69) is 17.0 Å². The Labute approximate surface area is 121 Å². The topological polar surface area (TPSA) is 32.7 Å². The predicted octanol–water partition coefficient (Wildman–Crippen LogP) is 2.75. The Morgan fingerprint density at radius 2 is 2.26 bits per heavy atom. The lowest BCUT2D eigenvalue weighted by molar-refractivity contribution is -0.0548. The largest absolute Gasteiger partial charge is 0.394 e. The van der Waals surface area contributed by atoms with Crippen molar-refractivity contribution in [2.75, 3.05) is 26.3 Å². The lowest BCUT2D eigenvalue weighted by Crippen LogP contribution is -2.43. The quantitative estimate of drug-likeness (QED) is 0.945. The van der Waals surface area contributed by atoms with E-state index in [1.165, 1.54) is 9.58 Å². The molecule has 1 fully saturated rings. The van der Waals surface area contributed by atoms with Gasteiger partial charge in [0.25, 0.3) is 0 Å². The maximum atomic E-state index is 9.17. The first kappa shape index (κ1) is 13.3. The number of thiophene rings is 1. The van der Waals surface area contributed by atoms with Gasteiger partial charge in [-0.25, -0.2) is 0 Å². The average Bonchev–Trinajstić information content (AvgIpc) is 2.76. The van der Waals surface area contributed by atoms with Crippen molar-refractivity contribution < 1.29 is 9.84 Å². The van der Waals surface area contributed by atoms with Gasteiger partial charge in [0, 0.05) is 34.6 Å². The number of halogens is 1. The van der Waals surface area contributed by atoms with Crippen LogP contribution in [0.25, 0.3) is 10.1 Å². The molecule has 2 aromatic rings. The van der Waals surface area contributed by atoms with Crippen molar-refractivity contribution in [2.45, 2.75) is 12.6 Å². The minimum atomic E-state index is -0.0677. The second kappa shape index (κ2) is 5.77. The highest BCUT2D eigenvalue weighted by atomic mass is 35.5. The fraction of sp³-hybridized carbons (Fsp3) is 0.429. The number of hydrogen-bond acceptors (Lipinski definition) is 4. The molecule has 1 atom stereocenters. The molecule has 0 aliphatic carbocycles. The Hall–Kier alpha value is -0.650. The van der Waals surface area contributed by atoms with Gasteiger partial charge in [-0.1, -0.05) is 29.8 Å². The molecule has 1 aliphatic heterocycles. The molecule has 0 saturated carbocycles. The highest BCUT2D eigenvalue weighted by molar-refractivity contribution is 7.19. The summed E-state index contributed by atoms with van der Waals surface area (Å²) in [5, 5.41) is 11.2. The molecule has 3 rings (SSSR count). The summed E-state index contributed by atoms with van der Waals surface area (Å²) in [5.41, 5.74) is 0. The van der Waals surface area contributed by atoms with E-state index in [4.69, 9.17) is 21.4 Å². The molecule has 0 amide bonds. The number of morpholine rings is 1. The number of aliphatic hydroxyl groups excluding tert-OH is 1. The van der Waals surface area contributed by atoms with Crippen LogP contribution in [0.2, 0.25) is 5.02 Å². The van der Waals surface area contributed by atoms with Crippen LogP contribution < -0.4 is 0 Å². The maximum absolute atomic E-state index is 9.17. The molecule has 1 aromatic carbocycles. The van der Waals surface area contributed by atoms with E-state index in [-0.39, 0.29) is 12.7 Å². The normalized spacial score (nSPS) is 21.1. The third-order valence-electron chi connectivity index (χ3n) is 3.40. The summed E-state index contributed by atoms with van der Waals surface area (Å²) < 4.78 is 6.69. The van der Waals surface area contributed by atoms with Gasteiger partial charge in [0.15, 0.2) is 0 Å². The number of hydrogen-bond donors (Lipinski definition) is 1. The molecule has 3 nitrogen and oxygen atoms in total. The van der Waals surface area contributed by atoms with Crippen LogP contribution in [0.15, 0.2) is 24.3 Å². The first-order chi connectivity index (χ1) is 9.28. The zero-order chi connectivity index (χ0) is 13.2. The molecule has 5 heteroatoms. The lowest BCUT2D eigenvalue weighted by atomic mass is 10.2. The molecule has 19 heavy (non-hydrogen) atoms. The van der Waals surface area contributed by atoms with Gasteiger partial charge < -0.3 is 9.84 Å². The van der Waals surface area contributed by atoms with Crippen LogP contribution in [0.3, 0.4) is 0 Å². The lowest BCUT2D eigenvalue weighted by Gasteiger charge is -2.31. The van der Waals surface area contributed by atoms with Crippen molar-refractivity contribution in [1.82, 2.24) is 4.90 Å². The Kier molecular flexibility index (Phi) is 4.05. The fourth-order valence-electron chi connectivity index (χ4n) is 2.40. The van der Waals surface area contributed by atoms with Crippen molar-refractivity contribution in [2.24, 2.45) is 0 Å². The van der Waals surface area contributed by atoms with Crippen LogP contribution in [0.5, 0.6) is 0 Å². The monoisotopic (exact) mass is 297 g/mol. The molecule has 102 valence electrons. The third-order valence-corrected chi connectivity index (χ3v) is 5.09. The van der Waals surface area contributed by atoms with Gasteiger partial charge in [-0.15, -0.1) is 11.3 Å². The van der Waals surface area contributed by atoms with Crippen LogP contribution in [-0.2, 0) is 11.3 Å². The zero-order valence-electron chi connectivity index (χ0n) is 10.5. The molecule has 1 aliphatic rings. The van der Waals surface area contributed by atoms with Crippen molar-refractivity contribution in [1.29, 1.82) is 0 Å². The van der Waals surface area contributed by atoms with Gasteiger partial charge in [-0.05, 0) is 6.07 Å². The predicted molar refractivity (Wildman–Crippen MR) is 78.9 cm³/mol. The molecule has 0 bridgehead atoms. The van der Waals surface area contributed by atoms with Crippen LogP contribution in [0.1, 0.15) is 4.88 Å². The molecule has 1 N–H and O–H groups in total. The molecule has 1 saturated heterocycles. The van der Waals surface area contributed by atoms with E-state index in [1.807, 2.05) is 12.1 Å². The van der Waals surface area contributed by atoms with Crippen molar-refractivity contribution in [3.8, 4) is 0 Å². The van der Waals surface area contributed by atoms with Gasteiger partial charge in [0.05, 0.1) is 24.3 Å². The minimum Gasteiger partial charge on any atom is -0.394 e.